The van der Waals surface area contributed by atoms with E-state index in [2.05, 4.69) is 69.4 Å². The second-order valence-corrected chi connectivity index (χ2v) is 21.7. The molecule has 0 aliphatic carbocycles. The van der Waals surface area contributed by atoms with Gasteiger partial charge in [-0.1, -0.05) is 313 Å². The van der Waals surface area contributed by atoms with E-state index in [9.17, 15) is 14.4 Å². The molecule has 426 valence electrons. The molecule has 0 unspecified atom stereocenters. The second-order valence-electron chi connectivity index (χ2n) is 21.7. The molecule has 0 N–H and O–H groups in total. The first kappa shape index (κ1) is 70.4. The number of rotatable bonds is 59. The molecule has 0 bridgehead atoms. The minimum Gasteiger partial charge on any atom is -0.462 e. The molecule has 0 aromatic rings. The lowest BCUT2D eigenvalue weighted by molar-refractivity contribution is -0.167. The lowest BCUT2D eigenvalue weighted by Crippen LogP contribution is -2.30. The van der Waals surface area contributed by atoms with E-state index >= 15 is 0 Å². The van der Waals surface area contributed by atoms with Gasteiger partial charge < -0.3 is 14.2 Å². The van der Waals surface area contributed by atoms with Crippen molar-refractivity contribution < 1.29 is 28.6 Å². The van der Waals surface area contributed by atoms with Gasteiger partial charge in [0, 0.05) is 19.3 Å². The summed E-state index contributed by atoms with van der Waals surface area (Å²) in [5, 5.41) is 0. The number of ether oxygens (including phenoxy) is 3. The fourth-order valence-electron chi connectivity index (χ4n) is 9.56. The van der Waals surface area contributed by atoms with Crippen LogP contribution in [0.25, 0.3) is 0 Å². The molecule has 0 aromatic heterocycles. The van der Waals surface area contributed by atoms with E-state index in [1.165, 1.54) is 205 Å². The summed E-state index contributed by atoms with van der Waals surface area (Å²) >= 11 is 0. The van der Waals surface area contributed by atoms with E-state index in [4.69, 9.17) is 14.2 Å². The van der Waals surface area contributed by atoms with Crippen LogP contribution in [0.4, 0.5) is 0 Å². The molecule has 1 atom stereocenters. The van der Waals surface area contributed by atoms with Crippen LogP contribution in [0.15, 0.2) is 48.6 Å². The molecule has 0 radical (unpaired) electrons. The molecule has 0 rings (SSSR count). The maximum Gasteiger partial charge on any atom is 0.306 e. The zero-order valence-corrected chi connectivity index (χ0v) is 48.9. The highest BCUT2D eigenvalue weighted by molar-refractivity contribution is 5.71. The van der Waals surface area contributed by atoms with Crippen LogP contribution in [-0.4, -0.2) is 37.2 Å². The van der Waals surface area contributed by atoms with Gasteiger partial charge in [0.15, 0.2) is 6.10 Å². The van der Waals surface area contributed by atoms with E-state index in [0.717, 1.165) is 96.3 Å². The molecular weight excluding hydrogens is 901 g/mol. The quantitative estimate of drug-likeness (QED) is 0.0261. The molecule has 0 aliphatic heterocycles. The Bertz CT molecular complexity index is 1270. The van der Waals surface area contributed by atoms with Crippen LogP contribution in [-0.2, 0) is 28.6 Å². The molecule has 0 heterocycles. The topological polar surface area (TPSA) is 78.9 Å². The smallest absolute Gasteiger partial charge is 0.306 e. The maximum absolute atomic E-state index is 12.9. The highest BCUT2D eigenvalue weighted by atomic mass is 16.6. The Balaban J connectivity index is 4.35. The van der Waals surface area contributed by atoms with Crippen LogP contribution in [0.3, 0.4) is 0 Å². The van der Waals surface area contributed by atoms with Gasteiger partial charge in [0.1, 0.15) is 13.2 Å². The van der Waals surface area contributed by atoms with Gasteiger partial charge in [-0.25, -0.2) is 0 Å². The summed E-state index contributed by atoms with van der Waals surface area (Å²) in [6.45, 7) is 6.57. The van der Waals surface area contributed by atoms with Gasteiger partial charge in [0.2, 0.25) is 0 Å². The average molecular weight is 1020 g/mol. The largest absolute Gasteiger partial charge is 0.462 e. The molecular formula is C67H122O6. The van der Waals surface area contributed by atoms with Crippen LogP contribution in [0, 0.1) is 0 Å². The van der Waals surface area contributed by atoms with Crippen LogP contribution in [0.2, 0.25) is 0 Å². The summed E-state index contributed by atoms with van der Waals surface area (Å²) in [4.78, 5) is 38.3. The third-order valence-corrected chi connectivity index (χ3v) is 14.3. The summed E-state index contributed by atoms with van der Waals surface area (Å²) < 4.78 is 16.9. The van der Waals surface area contributed by atoms with Gasteiger partial charge in [-0.15, -0.1) is 0 Å². The van der Waals surface area contributed by atoms with Crippen molar-refractivity contribution in [3.8, 4) is 0 Å². The molecule has 0 saturated heterocycles. The summed E-state index contributed by atoms with van der Waals surface area (Å²) in [6.07, 6.45) is 76.9. The van der Waals surface area contributed by atoms with Crippen molar-refractivity contribution in [2.24, 2.45) is 0 Å². The molecule has 6 heteroatoms. The van der Waals surface area contributed by atoms with E-state index in [0.29, 0.717) is 19.3 Å². The zero-order chi connectivity index (χ0) is 52.9. The Labute approximate surface area is 454 Å². The molecule has 73 heavy (non-hydrogen) atoms. The van der Waals surface area contributed by atoms with Gasteiger partial charge in [-0.05, 0) is 57.8 Å². The van der Waals surface area contributed by atoms with Crippen molar-refractivity contribution >= 4 is 17.9 Å². The summed E-state index contributed by atoms with van der Waals surface area (Å²) in [5.74, 6) is -0.876. The van der Waals surface area contributed by atoms with Crippen molar-refractivity contribution in [2.75, 3.05) is 13.2 Å². The van der Waals surface area contributed by atoms with Gasteiger partial charge in [0.25, 0.3) is 0 Å². The number of unbranched alkanes of at least 4 members (excludes halogenated alkanes) is 40. The van der Waals surface area contributed by atoms with E-state index in [1.807, 2.05) is 0 Å². The molecule has 0 amide bonds. The molecule has 0 fully saturated rings. The second kappa shape index (κ2) is 61.9. The first-order chi connectivity index (χ1) is 36.0. The van der Waals surface area contributed by atoms with Crippen molar-refractivity contribution in [1.29, 1.82) is 0 Å². The predicted molar refractivity (Wildman–Crippen MR) is 316 cm³/mol. The fourth-order valence-corrected chi connectivity index (χ4v) is 9.56. The van der Waals surface area contributed by atoms with Gasteiger partial charge in [-0.3, -0.25) is 14.4 Å². The molecule has 0 spiro atoms. The SMILES string of the molecule is CC/C=C\C/C=C\C/C=C\C/C=C\CCCCCCC(=O)OC[C@H](COC(=O)CCCCCCCCCCCCCCCCCCC)OC(=O)CCCCCCCCCCCCCCCCCCCCCCC. The molecule has 0 aromatic carbocycles. The third-order valence-electron chi connectivity index (χ3n) is 14.3. The van der Waals surface area contributed by atoms with Crippen molar-refractivity contribution in [2.45, 2.75) is 348 Å². The normalized spacial score (nSPS) is 12.3. The Kier molecular flexibility index (Phi) is 59.7. The Morgan fingerprint density at radius 1 is 0.288 bits per heavy atom. The van der Waals surface area contributed by atoms with Crippen molar-refractivity contribution in [3.05, 3.63) is 48.6 Å². The summed E-state index contributed by atoms with van der Waals surface area (Å²) in [6, 6.07) is 0. The number of carbonyl (C=O) groups excluding carboxylic acids is 3. The highest BCUT2D eigenvalue weighted by Gasteiger charge is 2.19. The van der Waals surface area contributed by atoms with Crippen molar-refractivity contribution in [1.82, 2.24) is 0 Å². The highest BCUT2D eigenvalue weighted by Crippen LogP contribution is 2.18. The summed E-state index contributed by atoms with van der Waals surface area (Å²) in [7, 11) is 0. The van der Waals surface area contributed by atoms with E-state index in [-0.39, 0.29) is 31.1 Å². The fraction of sp³-hybridized carbons (Fsp3) is 0.836. The number of esters is 3. The van der Waals surface area contributed by atoms with Gasteiger partial charge in [0.05, 0.1) is 0 Å². The molecule has 0 aliphatic rings. The lowest BCUT2D eigenvalue weighted by atomic mass is 10.0. The van der Waals surface area contributed by atoms with Crippen LogP contribution in [0.5, 0.6) is 0 Å². The van der Waals surface area contributed by atoms with E-state index in [1.54, 1.807) is 0 Å². The standard InChI is InChI=1S/C67H122O6/c1-4-7-10-13-16-19-22-25-28-31-32-33-34-37-40-43-46-49-52-55-58-61-67(70)73-64(62-71-65(68)59-56-53-50-47-44-41-38-35-29-26-23-20-17-14-11-8-5-2)63-72-66(69)60-57-54-51-48-45-42-39-36-30-27-24-21-18-15-12-9-6-3/h8,11,17,20,26,29,38,41,64H,4-7,9-10,12-16,18-19,21-25,27-28,30-37,39-40,42-63H2,1-3H3/b11-8-,20-17-,29-26-,41-38-/t64-/m1/s1. The Morgan fingerprint density at radius 3 is 0.836 bits per heavy atom. The monoisotopic (exact) mass is 1020 g/mol. The lowest BCUT2D eigenvalue weighted by Gasteiger charge is -2.18. The summed E-state index contributed by atoms with van der Waals surface area (Å²) in [5.41, 5.74) is 0. The minimum atomic E-state index is -0.781. The Hall–Kier alpha value is -2.63. The number of hydrogen-bond acceptors (Lipinski definition) is 6. The zero-order valence-electron chi connectivity index (χ0n) is 48.9. The first-order valence-corrected chi connectivity index (χ1v) is 32.1. The maximum atomic E-state index is 12.9. The van der Waals surface area contributed by atoms with Crippen molar-refractivity contribution in [3.63, 3.8) is 0 Å². The van der Waals surface area contributed by atoms with Crippen LogP contribution in [0.1, 0.15) is 342 Å². The van der Waals surface area contributed by atoms with Gasteiger partial charge >= 0.3 is 17.9 Å². The predicted octanol–water partition coefficient (Wildman–Crippen LogP) is 21.8. The van der Waals surface area contributed by atoms with Gasteiger partial charge in [-0.2, -0.15) is 0 Å². The van der Waals surface area contributed by atoms with Crippen LogP contribution >= 0.6 is 0 Å². The molecule has 0 saturated carbocycles. The number of hydrogen-bond donors (Lipinski definition) is 0. The molecule has 6 nitrogen and oxygen atoms in total. The average Bonchev–Trinajstić information content (AvgIpc) is 3.39. The number of carbonyl (C=O) groups is 3. The Morgan fingerprint density at radius 2 is 0.534 bits per heavy atom. The number of allylic oxidation sites excluding steroid dienone is 8. The minimum absolute atomic E-state index is 0.0760. The first-order valence-electron chi connectivity index (χ1n) is 32.1. The van der Waals surface area contributed by atoms with E-state index < -0.39 is 6.10 Å². The third kappa shape index (κ3) is 60.1. The van der Waals surface area contributed by atoms with Crippen LogP contribution < -0.4 is 0 Å².